The fourth-order valence-corrected chi connectivity index (χ4v) is 1.95. The molecule has 2 rings (SSSR count). The smallest absolute Gasteiger partial charge is 0.152 e. The predicted molar refractivity (Wildman–Crippen MR) is 79.2 cm³/mol. The average molecular weight is 291 g/mol. The quantitative estimate of drug-likeness (QED) is 0.461. The Morgan fingerprint density at radius 2 is 1.75 bits per heavy atom. The molecule has 3 N–H and O–H groups in total. The van der Waals surface area contributed by atoms with E-state index in [1.54, 1.807) is 24.3 Å². The van der Waals surface area contributed by atoms with Crippen LogP contribution in [0.1, 0.15) is 17.2 Å². The van der Waals surface area contributed by atoms with E-state index in [4.69, 9.17) is 11.6 Å². The van der Waals surface area contributed by atoms with E-state index in [1.165, 1.54) is 0 Å². The predicted octanol–water partition coefficient (Wildman–Crippen LogP) is 2.80. The maximum atomic E-state index is 9.48. The maximum absolute atomic E-state index is 9.48. The van der Waals surface area contributed by atoms with Gasteiger partial charge in [0, 0.05) is 10.6 Å². The van der Waals surface area contributed by atoms with Gasteiger partial charge in [-0.1, -0.05) is 41.9 Å². The second-order valence-corrected chi connectivity index (χ2v) is 4.64. The van der Waals surface area contributed by atoms with Crippen molar-refractivity contribution in [2.45, 2.75) is 6.04 Å². The topological polar surface area (TPSA) is 64.9 Å². The molecule has 0 spiro atoms. The summed E-state index contributed by atoms with van der Waals surface area (Å²) < 4.78 is 0. The van der Waals surface area contributed by atoms with Crippen molar-refractivity contribution in [3.8, 4) is 0 Å². The van der Waals surface area contributed by atoms with Gasteiger partial charge in [0.05, 0.1) is 6.61 Å². The summed E-state index contributed by atoms with van der Waals surface area (Å²) >= 11 is 5.83. The number of benzene rings is 2. The number of aliphatic imine (C=N–C) groups is 1. The summed E-state index contributed by atoms with van der Waals surface area (Å²) in [5.74, 6) is 0.282. The van der Waals surface area contributed by atoms with Gasteiger partial charge in [-0.05, 0) is 29.8 Å². The fraction of sp³-hybridized carbons (Fsp3) is 0.133. The summed E-state index contributed by atoms with van der Waals surface area (Å²) in [4.78, 5) is 4.35. The first kappa shape index (κ1) is 14.5. The van der Waals surface area contributed by atoms with Crippen molar-refractivity contribution >= 4 is 17.4 Å². The van der Waals surface area contributed by atoms with Crippen LogP contribution in [0.5, 0.6) is 0 Å². The summed E-state index contributed by atoms with van der Waals surface area (Å²) in [5, 5.41) is 19.3. The van der Waals surface area contributed by atoms with Gasteiger partial charge in [-0.2, -0.15) is 0 Å². The molecule has 0 saturated carbocycles. The lowest BCUT2D eigenvalue weighted by molar-refractivity contribution is 0.231. The van der Waals surface area contributed by atoms with E-state index in [0.717, 1.165) is 5.56 Å². The molecule has 0 saturated heterocycles. The van der Waals surface area contributed by atoms with Crippen LogP contribution in [-0.2, 0) is 0 Å². The number of aliphatic hydroxyl groups excluding tert-OH is 1. The van der Waals surface area contributed by atoms with Crippen molar-refractivity contribution in [1.82, 2.24) is 5.48 Å². The lowest BCUT2D eigenvalue weighted by atomic mass is 10.1. The van der Waals surface area contributed by atoms with Crippen LogP contribution in [0, 0.1) is 0 Å². The molecule has 0 bridgehead atoms. The lowest BCUT2D eigenvalue weighted by Crippen LogP contribution is -2.22. The summed E-state index contributed by atoms with van der Waals surface area (Å²) in [6.45, 7) is -0.150. The van der Waals surface area contributed by atoms with Crippen LogP contribution in [0.3, 0.4) is 0 Å². The third kappa shape index (κ3) is 3.57. The number of amidine groups is 1. The molecule has 0 aliphatic rings. The molecule has 0 amide bonds. The summed E-state index contributed by atoms with van der Waals surface area (Å²) in [6, 6.07) is 15.9. The molecule has 0 aliphatic heterocycles. The van der Waals surface area contributed by atoms with Crippen molar-refractivity contribution in [2.24, 2.45) is 4.99 Å². The van der Waals surface area contributed by atoms with Crippen molar-refractivity contribution in [3.63, 3.8) is 0 Å². The molecule has 20 heavy (non-hydrogen) atoms. The summed E-state index contributed by atoms with van der Waals surface area (Å²) in [5.41, 5.74) is 3.63. The Bertz CT molecular complexity index is 570. The summed E-state index contributed by atoms with van der Waals surface area (Å²) in [7, 11) is 0. The second kappa shape index (κ2) is 7.05. The fourth-order valence-electron chi connectivity index (χ4n) is 1.83. The highest BCUT2D eigenvalue weighted by molar-refractivity contribution is 6.30. The number of hydroxylamine groups is 1. The van der Waals surface area contributed by atoms with Gasteiger partial charge in [0.15, 0.2) is 5.84 Å². The van der Waals surface area contributed by atoms with Crippen LogP contribution in [0.2, 0.25) is 5.02 Å². The second-order valence-electron chi connectivity index (χ2n) is 4.21. The van der Waals surface area contributed by atoms with Crippen molar-refractivity contribution in [1.29, 1.82) is 0 Å². The molecule has 2 aromatic rings. The van der Waals surface area contributed by atoms with E-state index in [2.05, 4.69) is 10.5 Å². The van der Waals surface area contributed by atoms with Crippen LogP contribution >= 0.6 is 11.6 Å². The zero-order chi connectivity index (χ0) is 14.4. The lowest BCUT2D eigenvalue weighted by Gasteiger charge is -2.13. The average Bonchev–Trinajstić information content (AvgIpc) is 2.51. The molecule has 0 aliphatic carbocycles. The normalized spacial score (nSPS) is 13.1. The molecule has 5 heteroatoms. The van der Waals surface area contributed by atoms with Gasteiger partial charge in [-0.3, -0.25) is 15.7 Å². The molecular formula is C15H15ClN2O2. The highest BCUT2D eigenvalue weighted by Gasteiger charge is 2.11. The molecule has 1 unspecified atom stereocenters. The number of hydrogen-bond acceptors (Lipinski definition) is 3. The highest BCUT2D eigenvalue weighted by atomic mass is 35.5. The molecule has 4 nitrogen and oxygen atoms in total. The van der Waals surface area contributed by atoms with Crippen molar-refractivity contribution in [3.05, 3.63) is 70.7 Å². The van der Waals surface area contributed by atoms with Gasteiger partial charge in [-0.25, -0.2) is 0 Å². The van der Waals surface area contributed by atoms with Crippen molar-refractivity contribution in [2.75, 3.05) is 6.61 Å². The van der Waals surface area contributed by atoms with E-state index in [9.17, 15) is 10.3 Å². The Morgan fingerprint density at radius 3 is 2.30 bits per heavy atom. The van der Waals surface area contributed by atoms with E-state index >= 15 is 0 Å². The molecule has 0 radical (unpaired) electrons. The Labute approximate surface area is 122 Å². The third-order valence-electron chi connectivity index (χ3n) is 2.87. The number of halogens is 1. The van der Waals surface area contributed by atoms with Crippen LogP contribution < -0.4 is 5.48 Å². The molecule has 104 valence electrons. The minimum atomic E-state index is -0.443. The first-order chi connectivity index (χ1) is 9.74. The van der Waals surface area contributed by atoms with Gasteiger partial charge in [0.25, 0.3) is 0 Å². The Balaban J connectivity index is 2.31. The van der Waals surface area contributed by atoms with Gasteiger partial charge < -0.3 is 5.11 Å². The number of nitrogens with one attached hydrogen (secondary N) is 1. The van der Waals surface area contributed by atoms with Gasteiger partial charge >= 0.3 is 0 Å². The Morgan fingerprint density at radius 1 is 1.10 bits per heavy atom. The van der Waals surface area contributed by atoms with Crippen molar-refractivity contribution < 1.29 is 10.3 Å². The number of nitrogens with zero attached hydrogens (tertiary/aromatic N) is 1. The molecule has 1 atom stereocenters. The van der Waals surface area contributed by atoms with Gasteiger partial charge in [0.1, 0.15) is 6.04 Å². The zero-order valence-electron chi connectivity index (χ0n) is 10.7. The van der Waals surface area contributed by atoms with E-state index in [-0.39, 0.29) is 12.4 Å². The number of hydrogen-bond donors (Lipinski definition) is 3. The zero-order valence-corrected chi connectivity index (χ0v) is 11.5. The minimum absolute atomic E-state index is 0.150. The number of aliphatic hydroxyl groups is 1. The Kier molecular flexibility index (Phi) is 5.12. The molecule has 2 aromatic carbocycles. The van der Waals surface area contributed by atoms with E-state index < -0.39 is 6.04 Å². The first-order valence-corrected chi connectivity index (χ1v) is 6.52. The van der Waals surface area contributed by atoms with Gasteiger partial charge in [0.2, 0.25) is 0 Å². The standard InChI is InChI=1S/C15H15ClN2O2/c16-13-8-6-12(7-9-13)15(18-20)17-14(10-19)11-4-2-1-3-5-11/h1-9,14,19-20H,10H2,(H,17,18). The monoisotopic (exact) mass is 290 g/mol. The van der Waals surface area contributed by atoms with E-state index in [0.29, 0.717) is 10.6 Å². The maximum Gasteiger partial charge on any atom is 0.152 e. The van der Waals surface area contributed by atoms with E-state index in [1.807, 2.05) is 30.3 Å². The third-order valence-corrected chi connectivity index (χ3v) is 3.12. The SMILES string of the molecule is OCC(N=C(NO)c1ccc(Cl)cc1)c1ccccc1. The first-order valence-electron chi connectivity index (χ1n) is 6.14. The van der Waals surface area contributed by atoms with Crippen LogP contribution in [0.25, 0.3) is 0 Å². The van der Waals surface area contributed by atoms with Crippen LogP contribution in [0.4, 0.5) is 0 Å². The summed E-state index contributed by atoms with van der Waals surface area (Å²) in [6.07, 6.45) is 0. The molecular weight excluding hydrogens is 276 g/mol. The highest BCUT2D eigenvalue weighted by Crippen LogP contribution is 2.18. The number of rotatable bonds is 4. The minimum Gasteiger partial charge on any atom is -0.394 e. The molecule has 0 fully saturated rings. The van der Waals surface area contributed by atoms with Gasteiger partial charge in [-0.15, -0.1) is 0 Å². The molecule has 0 heterocycles. The molecule has 0 aromatic heterocycles. The Hall–Kier alpha value is -1.88. The largest absolute Gasteiger partial charge is 0.394 e. The van der Waals surface area contributed by atoms with Crippen LogP contribution in [0.15, 0.2) is 59.6 Å². The van der Waals surface area contributed by atoms with Crippen LogP contribution in [-0.4, -0.2) is 22.8 Å².